The van der Waals surface area contributed by atoms with Crippen molar-refractivity contribution in [2.24, 2.45) is 0 Å². The smallest absolute Gasteiger partial charge is 0.228 e. The first kappa shape index (κ1) is 16.7. The van der Waals surface area contributed by atoms with Crippen molar-refractivity contribution in [1.82, 2.24) is 4.98 Å². The van der Waals surface area contributed by atoms with Crippen molar-refractivity contribution in [3.63, 3.8) is 0 Å². The van der Waals surface area contributed by atoms with E-state index < -0.39 is 0 Å². The summed E-state index contributed by atoms with van der Waals surface area (Å²) in [5, 5.41) is 6.15. The Morgan fingerprint density at radius 2 is 1.76 bits per heavy atom. The monoisotopic (exact) mass is 331 g/mol. The summed E-state index contributed by atoms with van der Waals surface area (Å²) < 4.78 is 0. The molecule has 0 fully saturated rings. The minimum atomic E-state index is -0.0477. The highest BCUT2D eigenvalue weighted by Crippen LogP contribution is 2.12. The van der Waals surface area contributed by atoms with Crippen LogP contribution in [0.25, 0.3) is 0 Å². The number of hydrogen-bond acceptors (Lipinski definition) is 3. The van der Waals surface area contributed by atoms with Gasteiger partial charge in [0.1, 0.15) is 5.82 Å². The number of nitrogens with one attached hydrogen (secondary N) is 2. The van der Waals surface area contributed by atoms with Crippen LogP contribution >= 0.6 is 0 Å². The van der Waals surface area contributed by atoms with Gasteiger partial charge in [0.05, 0.1) is 18.3 Å². The number of rotatable bonds is 6. The van der Waals surface area contributed by atoms with Gasteiger partial charge in [0.25, 0.3) is 0 Å². The van der Waals surface area contributed by atoms with Crippen LogP contribution < -0.4 is 10.6 Å². The molecule has 3 aromatic rings. The quantitative estimate of drug-likeness (QED) is 0.712. The topological polar surface area (TPSA) is 54.0 Å². The molecule has 0 radical (unpaired) electrons. The van der Waals surface area contributed by atoms with Gasteiger partial charge in [-0.2, -0.15) is 0 Å². The van der Waals surface area contributed by atoms with E-state index in [0.29, 0.717) is 18.7 Å². The Morgan fingerprint density at radius 1 is 0.960 bits per heavy atom. The molecule has 0 atom stereocenters. The van der Waals surface area contributed by atoms with Gasteiger partial charge >= 0.3 is 0 Å². The Kier molecular flexibility index (Phi) is 5.42. The fourth-order valence-electron chi connectivity index (χ4n) is 2.57. The van der Waals surface area contributed by atoms with E-state index in [9.17, 15) is 4.79 Å². The predicted molar refractivity (Wildman–Crippen MR) is 102 cm³/mol. The van der Waals surface area contributed by atoms with Crippen LogP contribution in [0.3, 0.4) is 0 Å². The average molecular weight is 331 g/mol. The molecule has 0 aliphatic heterocycles. The number of aromatic nitrogens is 1. The number of benzene rings is 2. The normalized spacial score (nSPS) is 10.3. The van der Waals surface area contributed by atoms with Gasteiger partial charge in [-0.3, -0.25) is 4.79 Å². The number of carbonyl (C=O) groups is 1. The van der Waals surface area contributed by atoms with E-state index >= 15 is 0 Å². The van der Waals surface area contributed by atoms with Crippen LogP contribution in [0.5, 0.6) is 0 Å². The standard InChI is InChI=1S/C21H21N3O/c1-16-6-5-9-18(12-16)14-22-20-11-10-19(15-23-20)24-21(25)13-17-7-3-2-4-8-17/h2-12,15H,13-14H2,1H3,(H,22,23)(H,24,25). The second-order valence-corrected chi connectivity index (χ2v) is 5.99. The van der Waals surface area contributed by atoms with Crippen LogP contribution in [0.1, 0.15) is 16.7 Å². The van der Waals surface area contributed by atoms with Crippen LogP contribution in [-0.2, 0) is 17.8 Å². The number of pyridine rings is 1. The summed E-state index contributed by atoms with van der Waals surface area (Å²) in [6.07, 6.45) is 2.02. The molecule has 0 saturated carbocycles. The molecule has 4 heteroatoms. The van der Waals surface area contributed by atoms with Crippen LogP contribution in [-0.4, -0.2) is 10.9 Å². The van der Waals surface area contributed by atoms with E-state index in [2.05, 4.69) is 40.7 Å². The van der Waals surface area contributed by atoms with Crippen LogP contribution in [0.4, 0.5) is 11.5 Å². The zero-order chi connectivity index (χ0) is 17.5. The molecule has 0 bridgehead atoms. The number of hydrogen-bond donors (Lipinski definition) is 2. The Hall–Kier alpha value is -3.14. The van der Waals surface area contributed by atoms with Gasteiger partial charge < -0.3 is 10.6 Å². The molecule has 2 aromatic carbocycles. The van der Waals surface area contributed by atoms with E-state index in [-0.39, 0.29) is 5.91 Å². The van der Waals surface area contributed by atoms with E-state index in [4.69, 9.17) is 0 Å². The molecule has 126 valence electrons. The minimum absolute atomic E-state index is 0.0477. The molecule has 0 aliphatic rings. The van der Waals surface area contributed by atoms with E-state index in [1.54, 1.807) is 6.20 Å². The Morgan fingerprint density at radius 3 is 2.48 bits per heavy atom. The Labute approximate surface area is 147 Å². The van der Waals surface area contributed by atoms with Crippen LogP contribution in [0.2, 0.25) is 0 Å². The van der Waals surface area contributed by atoms with Crippen LogP contribution in [0, 0.1) is 6.92 Å². The number of nitrogens with zero attached hydrogens (tertiary/aromatic N) is 1. The minimum Gasteiger partial charge on any atom is -0.366 e. The van der Waals surface area contributed by atoms with Crippen molar-refractivity contribution in [2.45, 2.75) is 19.9 Å². The number of aryl methyl sites for hydroxylation is 1. The average Bonchev–Trinajstić information content (AvgIpc) is 2.62. The Balaban J connectivity index is 1.52. The second-order valence-electron chi connectivity index (χ2n) is 5.99. The van der Waals surface area contributed by atoms with Crippen molar-refractivity contribution in [3.05, 3.63) is 89.6 Å². The van der Waals surface area contributed by atoms with Gasteiger partial charge in [0.2, 0.25) is 5.91 Å². The lowest BCUT2D eigenvalue weighted by molar-refractivity contribution is -0.115. The van der Waals surface area contributed by atoms with Crippen molar-refractivity contribution in [3.8, 4) is 0 Å². The summed E-state index contributed by atoms with van der Waals surface area (Å²) in [7, 11) is 0. The van der Waals surface area contributed by atoms with Gasteiger partial charge in [-0.25, -0.2) is 4.98 Å². The molecule has 1 aromatic heterocycles. The van der Waals surface area contributed by atoms with Crippen molar-refractivity contribution in [1.29, 1.82) is 0 Å². The third kappa shape index (κ3) is 5.18. The molecule has 1 amide bonds. The third-order valence-electron chi connectivity index (χ3n) is 3.81. The molecule has 3 rings (SSSR count). The van der Waals surface area contributed by atoms with Crippen molar-refractivity contribution >= 4 is 17.4 Å². The highest BCUT2D eigenvalue weighted by Gasteiger charge is 2.04. The van der Waals surface area contributed by atoms with E-state index in [1.165, 1.54) is 11.1 Å². The maximum Gasteiger partial charge on any atom is 0.228 e. The number of carbonyl (C=O) groups excluding carboxylic acids is 1. The van der Waals surface area contributed by atoms with Gasteiger partial charge in [-0.05, 0) is 30.2 Å². The molecule has 4 nitrogen and oxygen atoms in total. The molecule has 0 saturated heterocycles. The first-order chi connectivity index (χ1) is 12.2. The fraction of sp³-hybridized carbons (Fsp3) is 0.143. The lowest BCUT2D eigenvalue weighted by Gasteiger charge is -2.08. The largest absolute Gasteiger partial charge is 0.366 e. The first-order valence-corrected chi connectivity index (χ1v) is 8.28. The van der Waals surface area contributed by atoms with Gasteiger partial charge in [-0.1, -0.05) is 60.2 Å². The fourth-order valence-corrected chi connectivity index (χ4v) is 2.57. The summed E-state index contributed by atoms with van der Waals surface area (Å²) in [5.74, 6) is 0.732. The third-order valence-corrected chi connectivity index (χ3v) is 3.81. The lowest BCUT2D eigenvalue weighted by Crippen LogP contribution is -2.14. The van der Waals surface area contributed by atoms with Crippen LogP contribution in [0.15, 0.2) is 72.9 Å². The first-order valence-electron chi connectivity index (χ1n) is 8.28. The lowest BCUT2D eigenvalue weighted by atomic mass is 10.1. The molecule has 0 unspecified atom stereocenters. The summed E-state index contributed by atoms with van der Waals surface area (Å²) in [5.41, 5.74) is 4.14. The van der Waals surface area contributed by atoms with E-state index in [0.717, 1.165) is 11.4 Å². The van der Waals surface area contributed by atoms with Gasteiger partial charge in [-0.15, -0.1) is 0 Å². The molecular formula is C21H21N3O. The molecule has 2 N–H and O–H groups in total. The summed E-state index contributed by atoms with van der Waals surface area (Å²) in [6, 6.07) is 21.8. The highest BCUT2D eigenvalue weighted by molar-refractivity contribution is 5.92. The second kappa shape index (κ2) is 8.11. The zero-order valence-corrected chi connectivity index (χ0v) is 14.2. The van der Waals surface area contributed by atoms with Gasteiger partial charge in [0.15, 0.2) is 0 Å². The number of anilines is 2. The molecular weight excluding hydrogens is 310 g/mol. The number of amides is 1. The maximum absolute atomic E-state index is 12.1. The molecule has 25 heavy (non-hydrogen) atoms. The van der Waals surface area contributed by atoms with Crippen molar-refractivity contribution in [2.75, 3.05) is 10.6 Å². The Bertz CT molecular complexity index is 829. The zero-order valence-electron chi connectivity index (χ0n) is 14.2. The molecule has 0 spiro atoms. The predicted octanol–water partition coefficient (Wildman–Crippen LogP) is 4.18. The summed E-state index contributed by atoms with van der Waals surface area (Å²) in [6.45, 7) is 2.79. The summed E-state index contributed by atoms with van der Waals surface area (Å²) >= 11 is 0. The van der Waals surface area contributed by atoms with E-state index in [1.807, 2.05) is 48.5 Å². The van der Waals surface area contributed by atoms with Crippen molar-refractivity contribution < 1.29 is 4.79 Å². The molecule has 1 heterocycles. The van der Waals surface area contributed by atoms with Gasteiger partial charge in [0, 0.05) is 6.54 Å². The maximum atomic E-state index is 12.1. The SMILES string of the molecule is Cc1cccc(CNc2ccc(NC(=O)Cc3ccccc3)cn2)c1. The molecule has 0 aliphatic carbocycles. The summed E-state index contributed by atoms with van der Waals surface area (Å²) in [4.78, 5) is 16.4. The highest BCUT2D eigenvalue weighted by atomic mass is 16.1.